The summed E-state index contributed by atoms with van der Waals surface area (Å²) in [6, 6.07) is 16.9. The fourth-order valence-corrected chi connectivity index (χ4v) is 4.20. The molecule has 0 saturated carbocycles. The summed E-state index contributed by atoms with van der Waals surface area (Å²) in [5, 5.41) is 0.608. The van der Waals surface area contributed by atoms with Gasteiger partial charge in [-0.05, 0) is 55.0 Å². The van der Waals surface area contributed by atoms with Gasteiger partial charge in [0.05, 0.1) is 42.2 Å². The van der Waals surface area contributed by atoms with Crippen molar-refractivity contribution in [3.05, 3.63) is 77.6 Å². The van der Waals surface area contributed by atoms with E-state index in [2.05, 4.69) is 11.1 Å². The van der Waals surface area contributed by atoms with Crippen molar-refractivity contribution in [1.82, 2.24) is 9.97 Å². The Bertz CT molecular complexity index is 1190. The predicted molar refractivity (Wildman–Crippen MR) is 119 cm³/mol. The van der Waals surface area contributed by atoms with Crippen molar-refractivity contribution in [3.8, 4) is 11.5 Å². The van der Waals surface area contributed by atoms with Gasteiger partial charge in [0.15, 0.2) is 5.13 Å². The first kappa shape index (κ1) is 19.8. The van der Waals surface area contributed by atoms with E-state index in [1.54, 1.807) is 43.5 Å². The van der Waals surface area contributed by atoms with E-state index in [1.807, 2.05) is 37.3 Å². The van der Waals surface area contributed by atoms with Crippen LogP contribution in [-0.2, 0) is 6.54 Å². The number of rotatable bonds is 6. The number of amides is 1. The highest BCUT2D eigenvalue weighted by molar-refractivity contribution is 7.22. The molecule has 0 atom stereocenters. The topological polar surface area (TPSA) is 64.6 Å². The quantitative estimate of drug-likeness (QED) is 0.446. The van der Waals surface area contributed by atoms with Crippen LogP contribution in [0.15, 0.2) is 60.8 Å². The van der Waals surface area contributed by atoms with E-state index in [0.717, 1.165) is 21.5 Å². The van der Waals surface area contributed by atoms with Crippen LogP contribution in [0.25, 0.3) is 10.2 Å². The monoisotopic (exact) mass is 419 g/mol. The number of hydrogen-bond acceptors (Lipinski definition) is 6. The zero-order valence-corrected chi connectivity index (χ0v) is 17.8. The Hall–Kier alpha value is -3.45. The number of aryl methyl sites for hydroxylation is 1. The van der Waals surface area contributed by atoms with Gasteiger partial charge in [-0.15, -0.1) is 0 Å². The Morgan fingerprint density at radius 2 is 1.93 bits per heavy atom. The molecule has 4 aromatic rings. The molecule has 6 nitrogen and oxygen atoms in total. The molecular formula is C23H21N3O3S. The Balaban J connectivity index is 1.81. The number of nitrogens with zero attached hydrogens (tertiary/aromatic N) is 3. The summed E-state index contributed by atoms with van der Waals surface area (Å²) < 4.78 is 11.8. The molecule has 0 radical (unpaired) electrons. The zero-order chi connectivity index (χ0) is 21.1. The Morgan fingerprint density at radius 3 is 2.67 bits per heavy atom. The second-order valence-corrected chi connectivity index (χ2v) is 7.76. The van der Waals surface area contributed by atoms with E-state index >= 15 is 0 Å². The summed E-state index contributed by atoms with van der Waals surface area (Å²) in [6.07, 6.45) is 1.71. The lowest BCUT2D eigenvalue weighted by molar-refractivity contribution is 0.0981. The number of pyridine rings is 1. The molecule has 0 bridgehead atoms. The standard InChI is InChI=1S/C23H21N3O3S/c1-15-7-9-19-21(12-15)30-23(25-19)26(14-16-6-4-5-11-24-16)22(27)18-13-17(28-2)8-10-20(18)29-3/h4-13H,14H2,1-3H3. The smallest absolute Gasteiger partial charge is 0.264 e. The van der Waals surface area contributed by atoms with Gasteiger partial charge in [0.2, 0.25) is 0 Å². The van der Waals surface area contributed by atoms with Gasteiger partial charge in [0, 0.05) is 6.20 Å². The predicted octanol–water partition coefficient (Wildman–Crippen LogP) is 4.86. The van der Waals surface area contributed by atoms with Crippen LogP contribution in [-0.4, -0.2) is 30.1 Å². The van der Waals surface area contributed by atoms with Crippen LogP contribution in [0.5, 0.6) is 11.5 Å². The lowest BCUT2D eigenvalue weighted by Gasteiger charge is -2.21. The molecule has 30 heavy (non-hydrogen) atoms. The molecule has 0 fully saturated rings. The first-order valence-electron chi connectivity index (χ1n) is 9.40. The van der Waals surface area contributed by atoms with Gasteiger partial charge in [0.1, 0.15) is 11.5 Å². The average molecular weight is 420 g/mol. The van der Waals surface area contributed by atoms with Gasteiger partial charge < -0.3 is 9.47 Å². The van der Waals surface area contributed by atoms with Crippen molar-refractivity contribution in [2.24, 2.45) is 0 Å². The molecule has 1 amide bonds. The fourth-order valence-electron chi connectivity index (χ4n) is 3.14. The molecule has 0 aliphatic carbocycles. The first-order valence-corrected chi connectivity index (χ1v) is 10.2. The average Bonchev–Trinajstić information content (AvgIpc) is 3.20. The second-order valence-electron chi connectivity index (χ2n) is 6.75. The molecule has 0 N–H and O–H groups in total. The lowest BCUT2D eigenvalue weighted by atomic mass is 10.1. The van der Waals surface area contributed by atoms with Crippen LogP contribution >= 0.6 is 11.3 Å². The number of fused-ring (bicyclic) bond motifs is 1. The highest BCUT2D eigenvalue weighted by atomic mass is 32.1. The van der Waals surface area contributed by atoms with E-state index < -0.39 is 0 Å². The number of anilines is 1. The molecule has 0 saturated heterocycles. The van der Waals surface area contributed by atoms with Crippen molar-refractivity contribution in [2.45, 2.75) is 13.5 Å². The second kappa shape index (κ2) is 8.51. The first-order chi connectivity index (χ1) is 14.6. The summed E-state index contributed by atoms with van der Waals surface area (Å²) in [7, 11) is 3.11. The number of ether oxygens (including phenoxy) is 2. The number of thiazole rings is 1. The molecule has 2 heterocycles. The van der Waals surface area contributed by atoms with Gasteiger partial charge in [-0.25, -0.2) is 4.98 Å². The number of carbonyl (C=O) groups excluding carboxylic acids is 1. The highest BCUT2D eigenvalue weighted by Crippen LogP contribution is 2.33. The number of aromatic nitrogens is 2. The van der Waals surface area contributed by atoms with Crippen LogP contribution in [0, 0.1) is 6.92 Å². The van der Waals surface area contributed by atoms with Crippen LogP contribution in [0.3, 0.4) is 0 Å². The lowest BCUT2D eigenvalue weighted by Crippen LogP contribution is -2.31. The molecule has 7 heteroatoms. The highest BCUT2D eigenvalue weighted by Gasteiger charge is 2.25. The van der Waals surface area contributed by atoms with Crippen LogP contribution in [0.1, 0.15) is 21.6 Å². The number of hydrogen-bond donors (Lipinski definition) is 0. The minimum Gasteiger partial charge on any atom is -0.497 e. The molecule has 152 valence electrons. The molecule has 0 aliphatic heterocycles. The van der Waals surface area contributed by atoms with E-state index in [4.69, 9.17) is 14.5 Å². The third-order valence-corrected chi connectivity index (χ3v) is 5.73. The van der Waals surface area contributed by atoms with Crippen LogP contribution in [0.2, 0.25) is 0 Å². The van der Waals surface area contributed by atoms with Crippen LogP contribution < -0.4 is 14.4 Å². The summed E-state index contributed by atoms with van der Waals surface area (Å²) in [4.78, 5) is 24.4. The number of carbonyl (C=O) groups is 1. The van der Waals surface area contributed by atoms with Gasteiger partial charge in [-0.2, -0.15) is 0 Å². The summed E-state index contributed by atoms with van der Waals surface area (Å²) in [6.45, 7) is 2.33. The maximum Gasteiger partial charge on any atom is 0.264 e. The van der Waals surface area contributed by atoms with Crippen molar-refractivity contribution >= 4 is 32.6 Å². The van der Waals surface area contributed by atoms with Crippen molar-refractivity contribution in [2.75, 3.05) is 19.1 Å². The van der Waals surface area contributed by atoms with E-state index in [-0.39, 0.29) is 5.91 Å². The maximum atomic E-state index is 13.7. The third-order valence-electron chi connectivity index (χ3n) is 4.69. The zero-order valence-electron chi connectivity index (χ0n) is 17.0. The fraction of sp³-hybridized carbons (Fsp3) is 0.174. The molecule has 0 unspecified atom stereocenters. The Kier molecular flexibility index (Phi) is 5.63. The van der Waals surface area contributed by atoms with Crippen molar-refractivity contribution in [3.63, 3.8) is 0 Å². The molecule has 4 rings (SSSR count). The summed E-state index contributed by atoms with van der Waals surface area (Å²) in [5.41, 5.74) is 3.18. The van der Waals surface area contributed by atoms with Gasteiger partial charge >= 0.3 is 0 Å². The van der Waals surface area contributed by atoms with Gasteiger partial charge in [-0.3, -0.25) is 14.7 Å². The van der Waals surface area contributed by atoms with Gasteiger partial charge in [0.25, 0.3) is 5.91 Å². The normalized spacial score (nSPS) is 10.8. The summed E-state index contributed by atoms with van der Waals surface area (Å²) >= 11 is 1.48. The van der Waals surface area contributed by atoms with Crippen LogP contribution in [0.4, 0.5) is 5.13 Å². The molecule has 2 aromatic heterocycles. The maximum absolute atomic E-state index is 13.7. The minimum atomic E-state index is -0.229. The van der Waals surface area contributed by atoms with E-state index in [0.29, 0.717) is 28.7 Å². The third kappa shape index (κ3) is 3.97. The van der Waals surface area contributed by atoms with Gasteiger partial charge in [-0.1, -0.05) is 23.5 Å². The molecule has 0 aliphatic rings. The largest absolute Gasteiger partial charge is 0.497 e. The number of benzene rings is 2. The molecular weight excluding hydrogens is 398 g/mol. The molecule has 2 aromatic carbocycles. The SMILES string of the molecule is COc1ccc(OC)c(C(=O)N(Cc2ccccn2)c2nc3ccc(C)cc3s2)c1. The minimum absolute atomic E-state index is 0.229. The van der Waals surface area contributed by atoms with Crippen molar-refractivity contribution in [1.29, 1.82) is 0 Å². The summed E-state index contributed by atoms with van der Waals surface area (Å²) in [5.74, 6) is 0.827. The van der Waals surface area contributed by atoms with Crippen molar-refractivity contribution < 1.29 is 14.3 Å². The molecule has 0 spiro atoms. The Labute approximate surface area is 178 Å². The van der Waals surface area contributed by atoms with E-state index in [9.17, 15) is 4.79 Å². The number of methoxy groups -OCH3 is 2. The Morgan fingerprint density at radius 1 is 1.07 bits per heavy atom. The van der Waals surface area contributed by atoms with E-state index in [1.165, 1.54) is 11.3 Å².